The lowest BCUT2D eigenvalue weighted by molar-refractivity contribution is 0.324. The molecule has 2 rings (SSSR count). The third kappa shape index (κ3) is 5.45. The van der Waals surface area contributed by atoms with Crippen LogP contribution in [0.2, 0.25) is 0 Å². The second kappa shape index (κ2) is 8.20. The monoisotopic (exact) mass is 332 g/mol. The smallest absolute Gasteiger partial charge is 0.0231 e. The summed E-state index contributed by atoms with van der Waals surface area (Å²) in [6, 6.07) is 19.0. The second-order valence-corrected chi connectivity index (χ2v) is 5.95. The maximum atomic E-state index is 3.51. The molecule has 1 N–H and O–H groups in total. The molecule has 3 heteroatoms. The van der Waals surface area contributed by atoms with E-state index >= 15 is 0 Å². The summed E-state index contributed by atoms with van der Waals surface area (Å²) in [5, 5.41) is 3.48. The Bertz CT molecular complexity index is 513. The van der Waals surface area contributed by atoms with Gasteiger partial charge in [-0.2, -0.15) is 0 Å². The molecule has 2 aromatic carbocycles. The molecule has 0 radical (unpaired) electrons. The number of hydrogen-bond acceptors (Lipinski definition) is 2. The minimum Gasteiger partial charge on any atom is -0.311 e. The molecule has 0 aliphatic heterocycles. The van der Waals surface area contributed by atoms with Crippen LogP contribution in [-0.2, 0) is 13.1 Å². The van der Waals surface area contributed by atoms with E-state index in [4.69, 9.17) is 0 Å². The van der Waals surface area contributed by atoms with Gasteiger partial charge in [-0.3, -0.25) is 0 Å². The van der Waals surface area contributed by atoms with Crippen molar-refractivity contribution in [3.63, 3.8) is 0 Å². The van der Waals surface area contributed by atoms with Gasteiger partial charge in [-0.1, -0.05) is 58.4 Å². The van der Waals surface area contributed by atoms with E-state index in [9.17, 15) is 0 Å². The van der Waals surface area contributed by atoms with Crippen molar-refractivity contribution in [2.45, 2.75) is 13.1 Å². The van der Waals surface area contributed by atoms with E-state index in [1.54, 1.807) is 0 Å². The Kier molecular flexibility index (Phi) is 6.25. The molecule has 0 saturated carbocycles. The number of nitrogens with one attached hydrogen (secondary N) is 1. The summed E-state index contributed by atoms with van der Waals surface area (Å²) < 4.78 is 1.14. The number of rotatable bonds is 7. The Morgan fingerprint density at radius 3 is 2.50 bits per heavy atom. The number of likely N-dealkylation sites (N-methyl/N-ethyl adjacent to an activating group) is 1. The fraction of sp³-hybridized carbons (Fsp3) is 0.294. The third-order valence-corrected chi connectivity index (χ3v) is 3.68. The molecule has 106 valence electrons. The van der Waals surface area contributed by atoms with Crippen molar-refractivity contribution < 1.29 is 0 Å². The Balaban J connectivity index is 1.66. The van der Waals surface area contributed by atoms with Crippen molar-refractivity contribution in [1.29, 1.82) is 0 Å². The van der Waals surface area contributed by atoms with Gasteiger partial charge in [-0.15, -0.1) is 0 Å². The van der Waals surface area contributed by atoms with E-state index in [0.29, 0.717) is 0 Å². The van der Waals surface area contributed by atoms with E-state index in [2.05, 4.69) is 87.8 Å². The van der Waals surface area contributed by atoms with Gasteiger partial charge in [0.15, 0.2) is 0 Å². The summed E-state index contributed by atoms with van der Waals surface area (Å²) in [6.45, 7) is 3.96. The van der Waals surface area contributed by atoms with Gasteiger partial charge < -0.3 is 10.2 Å². The Morgan fingerprint density at radius 1 is 1.00 bits per heavy atom. The van der Waals surface area contributed by atoms with Crippen LogP contribution in [0.3, 0.4) is 0 Å². The zero-order valence-electron chi connectivity index (χ0n) is 11.8. The highest BCUT2D eigenvalue weighted by Gasteiger charge is 2.00. The Hall–Kier alpha value is -1.16. The first-order valence-corrected chi connectivity index (χ1v) is 7.71. The highest BCUT2D eigenvalue weighted by atomic mass is 79.9. The second-order valence-electron chi connectivity index (χ2n) is 5.03. The quantitative estimate of drug-likeness (QED) is 0.778. The molecule has 0 unspecified atom stereocenters. The molecule has 0 atom stereocenters. The normalized spacial score (nSPS) is 10.9. The largest absolute Gasteiger partial charge is 0.311 e. The van der Waals surface area contributed by atoms with Crippen LogP contribution < -0.4 is 5.32 Å². The van der Waals surface area contributed by atoms with E-state index in [1.165, 1.54) is 11.1 Å². The van der Waals surface area contributed by atoms with Gasteiger partial charge >= 0.3 is 0 Å². The average Bonchev–Trinajstić information content (AvgIpc) is 2.45. The van der Waals surface area contributed by atoms with Crippen LogP contribution in [0.5, 0.6) is 0 Å². The Morgan fingerprint density at radius 2 is 1.75 bits per heavy atom. The zero-order valence-corrected chi connectivity index (χ0v) is 13.4. The SMILES string of the molecule is CN(CCNCc1ccccc1)Cc1cccc(Br)c1. The Labute approximate surface area is 129 Å². The van der Waals surface area contributed by atoms with Crippen molar-refractivity contribution in [2.24, 2.45) is 0 Å². The minimum atomic E-state index is 0.936. The molecule has 2 aromatic rings. The number of nitrogens with zero attached hydrogens (tertiary/aromatic N) is 1. The topological polar surface area (TPSA) is 15.3 Å². The van der Waals surface area contributed by atoms with Crippen LogP contribution in [0.15, 0.2) is 59.1 Å². The summed E-state index contributed by atoms with van der Waals surface area (Å²) in [4.78, 5) is 2.33. The van der Waals surface area contributed by atoms with Gasteiger partial charge in [-0.05, 0) is 30.3 Å². The van der Waals surface area contributed by atoms with Crippen molar-refractivity contribution in [3.05, 3.63) is 70.2 Å². The molecule has 2 nitrogen and oxygen atoms in total. The van der Waals surface area contributed by atoms with Gasteiger partial charge in [0.05, 0.1) is 0 Å². The maximum Gasteiger partial charge on any atom is 0.0231 e. The van der Waals surface area contributed by atoms with Crippen LogP contribution in [0.1, 0.15) is 11.1 Å². The van der Waals surface area contributed by atoms with Crippen LogP contribution in [0.25, 0.3) is 0 Å². The van der Waals surface area contributed by atoms with Gasteiger partial charge in [-0.25, -0.2) is 0 Å². The highest BCUT2D eigenvalue weighted by molar-refractivity contribution is 9.10. The summed E-state index contributed by atoms with van der Waals surface area (Å²) in [5.41, 5.74) is 2.67. The molecule has 0 fully saturated rings. The van der Waals surface area contributed by atoms with Gasteiger partial charge in [0.25, 0.3) is 0 Å². The van der Waals surface area contributed by atoms with E-state index in [1.807, 2.05) is 0 Å². The van der Waals surface area contributed by atoms with Crippen LogP contribution in [-0.4, -0.2) is 25.0 Å². The molecule has 0 amide bonds. The molecule has 0 bridgehead atoms. The highest BCUT2D eigenvalue weighted by Crippen LogP contribution is 2.12. The van der Waals surface area contributed by atoms with Gasteiger partial charge in [0.1, 0.15) is 0 Å². The van der Waals surface area contributed by atoms with Crippen LogP contribution >= 0.6 is 15.9 Å². The fourth-order valence-corrected chi connectivity index (χ4v) is 2.57. The first-order valence-electron chi connectivity index (χ1n) is 6.91. The van der Waals surface area contributed by atoms with E-state index in [-0.39, 0.29) is 0 Å². The van der Waals surface area contributed by atoms with Crippen LogP contribution in [0, 0.1) is 0 Å². The maximum absolute atomic E-state index is 3.51. The predicted octanol–water partition coefficient (Wildman–Crippen LogP) is 3.67. The van der Waals surface area contributed by atoms with E-state index in [0.717, 1.165) is 30.7 Å². The summed E-state index contributed by atoms with van der Waals surface area (Å²) in [5.74, 6) is 0. The summed E-state index contributed by atoms with van der Waals surface area (Å²) in [6.07, 6.45) is 0. The van der Waals surface area contributed by atoms with Crippen molar-refractivity contribution in [2.75, 3.05) is 20.1 Å². The van der Waals surface area contributed by atoms with Crippen molar-refractivity contribution in [1.82, 2.24) is 10.2 Å². The molecule has 0 aromatic heterocycles. The minimum absolute atomic E-state index is 0.936. The first kappa shape index (κ1) is 15.2. The summed E-state index contributed by atoms with van der Waals surface area (Å²) >= 11 is 3.51. The molecule has 0 aliphatic carbocycles. The lowest BCUT2D eigenvalue weighted by Gasteiger charge is -2.17. The average molecular weight is 333 g/mol. The fourth-order valence-electron chi connectivity index (χ4n) is 2.12. The van der Waals surface area contributed by atoms with Gasteiger partial charge in [0.2, 0.25) is 0 Å². The number of halogens is 1. The number of hydrogen-bond donors (Lipinski definition) is 1. The molecule has 20 heavy (non-hydrogen) atoms. The predicted molar refractivity (Wildman–Crippen MR) is 88.6 cm³/mol. The zero-order chi connectivity index (χ0) is 14.2. The molecular formula is C17H21BrN2. The molecule has 0 aliphatic rings. The number of benzene rings is 2. The van der Waals surface area contributed by atoms with Crippen molar-refractivity contribution >= 4 is 15.9 Å². The lowest BCUT2D eigenvalue weighted by Crippen LogP contribution is -2.28. The molecular weight excluding hydrogens is 312 g/mol. The van der Waals surface area contributed by atoms with Crippen molar-refractivity contribution in [3.8, 4) is 0 Å². The first-order chi connectivity index (χ1) is 9.74. The van der Waals surface area contributed by atoms with Gasteiger partial charge in [0, 0.05) is 30.7 Å². The lowest BCUT2D eigenvalue weighted by atomic mass is 10.2. The molecule has 0 heterocycles. The molecule has 0 spiro atoms. The van der Waals surface area contributed by atoms with E-state index < -0.39 is 0 Å². The standard InChI is InChI=1S/C17H21BrN2/c1-20(14-16-8-5-9-17(18)12-16)11-10-19-13-15-6-3-2-4-7-15/h2-9,12,19H,10-11,13-14H2,1H3. The molecule has 0 saturated heterocycles. The van der Waals surface area contributed by atoms with Crippen LogP contribution in [0.4, 0.5) is 0 Å². The third-order valence-electron chi connectivity index (χ3n) is 3.18. The summed E-state index contributed by atoms with van der Waals surface area (Å²) in [7, 11) is 2.16.